The molecule has 0 unspecified atom stereocenters. The number of nitrogens with one attached hydrogen (secondary N) is 2. The summed E-state index contributed by atoms with van der Waals surface area (Å²) in [5.74, 6) is 0.726. The fraction of sp³-hybridized carbons (Fsp3) is 0.393. The van der Waals surface area contributed by atoms with Crippen molar-refractivity contribution in [2.24, 2.45) is 5.92 Å². The van der Waals surface area contributed by atoms with Crippen LogP contribution >= 0.6 is 23.2 Å². The molecule has 4 heterocycles. The number of rotatable bonds is 9. The highest BCUT2D eigenvalue weighted by Crippen LogP contribution is 2.46. The van der Waals surface area contributed by atoms with E-state index in [1.807, 2.05) is 6.07 Å². The standard InChI is InChI=1S/C28H29Cl2N5O6/c1-38-20-10-21(39-2)25(30)23(24(20)29)18-9-17-11-31-28(35-27(17)26(33-18)15-5-7-40-8-6-15)34-19-13-41-12-16(19)3-4-22(37)32-14-36/h3-4,9-11,14-16,19H,5-8,12-13H2,1-2H3,(H,31,34,35)(H,32,36,37)/t16-,19+/m0/s1. The first-order valence-electron chi connectivity index (χ1n) is 13.1. The average Bonchev–Trinajstić information content (AvgIpc) is 3.43. The van der Waals surface area contributed by atoms with E-state index in [1.54, 1.807) is 18.3 Å². The van der Waals surface area contributed by atoms with Crippen LogP contribution in [-0.4, -0.2) is 74.0 Å². The van der Waals surface area contributed by atoms with Gasteiger partial charge in [-0.25, -0.2) is 9.97 Å². The van der Waals surface area contributed by atoms with Crippen LogP contribution in [0.2, 0.25) is 10.0 Å². The number of carbonyl (C=O) groups is 2. The average molecular weight is 602 g/mol. The fourth-order valence-corrected chi connectivity index (χ4v) is 5.71. The molecule has 216 valence electrons. The lowest BCUT2D eigenvalue weighted by molar-refractivity contribution is -0.121. The van der Waals surface area contributed by atoms with Crippen molar-refractivity contribution in [3.63, 3.8) is 0 Å². The van der Waals surface area contributed by atoms with Gasteiger partial charge in [-0.05, 0) is 25.0 Å². The van der Waals surface area contributed by atoms with E-state index in [4.69, 9.17) is 52.1 Å². The number of carbonyl (C=O) groups excluding carboxylic acids is 2. The molecule has 2 atom stereocenters. The number of ether oxygens (including phenoxy) is 4. The molecule has 11 nitrogen and oxygen atoms in total. The van der Waals surface area contributed by atoms with Gasteiger partial charge in [0, 0.05) is 48.3 Å². The third-order valence-corrected chi connectivity index (χ3v) is 7.92. The summed E-state index contributed by atoms with van der Waals surface area (Å²) in [6.45, 7) is 2.06. The Morgan fingerprint density at radius 2 is 1.78 bits per heavy atom. The molecule has 13 heteroatoms. The molecule has 2 N–H and O–H groups in total. The molecule has 2 saturated heterocycles. The number of nitrogens with zero attached hydrogens (tertiary/aromatic N) is 3. The summed E-state index contributed by atoms with van der Waals surface area (Å²) in [5, 5.41) is 6.84. The Balaban J connectivity index is 1.55. The third kappa shape index (κ3) is 6.23. The van der Waals surface area contributed by atoms with Gasteiger partial charge in [-0.2, -0.15) is 0 Å². The van der Waals surface area contributed by atoms with Crippen molar-refractivity contribution in [3.05, 3.63) is 46.2 Å². The molecule has 5 rings (SSSR count). The highest BCUT2D eigenvalue weighted by Gasteiger charge is 2.29. The smallest absolute Gasteiger partial charge is 0.250 e. The van der Waals surface area contributed by atoms with Gasteiger partial charge in [0.15, 0.2) is 0 Å². The summed E-state index contributed by atoms with van der Waals surface area (Å²) in [6.07, 6.45) is 6.68. The maximum Gasteiger partial charge on any atom is 0.250 e. The number of aromatic nitrogens is 3. The molecular weight excluding hydrogens is 573 g/mol. The van der Waals surface area contributed by atoms with Crippen molar-refractivity contribution in [2.75, 3.05) is 46.0 Å². The van der Waals surface area contributed by atoms with Crippen LogP contribution in [0, 0.1) is 5.92 Å². The lowest BCUT2D eigenvalue weighted by Crippen LogP contribution is -2.28. The number of methoxy groups -OCH3 is 2. The van der Waals surface area contributed by atoms with Gasteiger partial charge in [0.25, 0.3) is 0 Å². The van der Waals surface area contributed by atoms with Gasteiger partial charge in [-0.1, -0.05) is 29.3 Å². The molecule has 2 aliphatic rings. The Labute approximate surface area is 246 Å². The molecule has 0 spiro atoms. The first kappa shape index (κ1) is 29.0. The Morgan fingerprint density at radius 3 is 2.46 bits per heavy atom. The molecule has 2 aliphatic heterocycles. The maximum absolute atomic E-state index is 11.7. The van der Waals surface area contributed by atoms with E-state index in [0.29, 0.717) is 77.1 Å². The minimum absolute atomic E-state index is 0.0980. The molecule has 41 heavy (non-hydrogen) atoms. The zero-order valence-electron chi connectivity index (χ0n) is 22.5. The van der Waals surface area contributed by atoms with E-state index in [1.165, 1.54) is 20.3 Å². The minimum atomic E-state index is -0.496. The Kier molecular flexibility index (Phi) is 9.19. The second kappa shape index (κ2) is 13.0. The van der Waals surface area contributed by atoms with E-state index in [2.05, 4.69) is 15.6 Å². The van der Waals surface area contributed by atoms with Crippen LogP contribution in [0.4, 0.5) is 5.95 Å². The van der Waals surface area contributed by atoms with Gasteiger partial charge in [-0.15, -0.1) is 0 Å². The highest BCUT2D eigenvalue weighted by molar-refractivity contribution is 6.41. The van der Waals surface area contributed by atoms with Crippen molar-refractivity contribution < 1.29 is 28.5 Å². The van der Waals surface area contributed by atoms with Gasteiger partial charge in [0.05, 0.1) is 60.4 Å². The minimum Gasteiger partial charge on any atom is -0.495 e. The predicted molar refractivity (Wildman–Crippen MR) is 154 cm³/mol. The zero-order valence-corrected chi connectivity index (χ0v) is 24.0. The van der Waals surface area contributed by atoms with Crippen molar-refractivity contribution in [2.45, 2.75) is 24.8 Å². The fourth-order valence-electron chi connectivity index (χ4n) is 5.02. The topological polar surface area (TPSA) is 134 Å². The lowest BCUT2D eigenvalue weighted by Gasteiger charge is -2.24. The number of hydrogen-bond donors (Lipinski definition) is 2. The van der Waals surface area contributed by atoms with Crippen LogP contribution in [0.15, 0.2) is 30.5 Å². The maximum atomic E-state index is 11.7. The quantitative estimate of drug-likeness (QED) is 0.272. The highest BCUT2D eigenvalue weighted by atomic mass is 35.5. The van der Waals surface area contributed by atoms with Gasteiger partial charge < -0.3 is 24.3 Å². The van der Waals surface area contributed by atoms with Crippen LogP contribution in [0.1, 0.15) is 24.5 Å². The first-order chi connectivity index (χ1) is 19.9. The van der Waals surface area contributed by atoms with Gasteiger partial charge in [-0.3, -0.25) is 19.9 Å². The van der Waals surface area contributed by atoms with Crippen LogP contribution in [0.3, 0.4) is 0 Å². The third-order valence-electron chi connectivity index (χ3n) is 7.17. The second-order valence-corrected chi connectivity index (χ2v) is 10.4. The van der Waals surface area contributed by atoms with Crippen molar-refractivity contribution in [1.82, 2.24) is 20.3 Å². The van der Waals surface area contributed by atoms with E-state index in [0.717, 1.165) is 23.9 Å². The summed E-state index contributed by atoms with van der Waals surface area (Å²) >= 11 is 13.5. The van der Waals surface area contributed by atoms with Gasteiger partial charge in [0.2, 0.25) is 18.3 Å². The lowest BCUT2D eigenvalue weighted by atomic mass is 9.93. The first-order valence-corrected chi connectivity index (χ1v) is 13.8. The number of imide groups is 1. The number of fused-ring (bicyclic) bond motifs is 1. The Bertz CT molecular complexity index is 1450. The normalized spacial score (nSPS) is 19.4. The van der Waals surface area contributed by atoms with E-state index in [9.17, 15) is 9.59 Å². The molecule has 1 aromatic carbocycles. The van der Waals surface area contributed by atoms with Gasteiger partial charge >= 0.3 is 0 Å². The molecule has 2 amide bonds. The molecule has 0 saturated carbocycles. The summed E-state index contributed by atoms with van der Waals surface area (Å²) in [5.41, 5.74) is 2.55. The van der Waals surface area contributed by atoms with Crippen molar-refractivity contribution in [3.8, 4) is 22.8 Å². The molecule has 2 aromatic heterocycles. The van der Waals surface area contributed by atoms with Crippen LogP contribution < -0.4 is 20.1 Å². The Morgan fingerprint density at radius 1 is 1.05 bits per heavy atom. The van der Waals surface area contributed by atoms with E-state index in [-0.39, 0.29) is 17.9 Å². The monoisotopic (exact) mass is 601 g/mol. The molecule has 0 aliphatic carbocycles. The summed E-state index contributed by atoms with van der Waals surface area (Å²) < 4.78 is 22.2. The molecule has 0 bridgehead atoms. The number of benzene rings is 1. The zero-order chi connectivity index (χ0) is 28.9. The predicted octanol–water partition coefficient (Wildman–Crippen LogP) is 4.17. The number of halogens is 2. The van der Waals surface area contributed by atoms with Crippen LogP contribution in [-0.2, 0) is 19.1 Å². The van der Waals surface area contributed by atoms with Gasteiger partial charge in [0.1, 0.15) is 11.5 Å². The number of anilines is 1. The summed E-state index contributed by atoms with van der Waals surface area (Å²) in [4.78, 5) is 36.7. The molecular formula is C28H29Cl2N5O6. The van der Waals surface area contributed by atoms with E-state index < -0.39 is 5.91 Å². The molecule has 2 fully saturated rings. The number of pyridine rings is 1. The molecule has 0 radical (unpaired) electrons. The largest absolute Gasteiger partial charge is 0.495 e. The van der Waals surface area contributed by atoms with Crippen LogP contribution in [0.25, 0.3) is 22.2 Å². The molecule has 3 aromatic rings. The SMILES string of the molecule is COc1cc(OC)c(Cl)c(-c2cc3cnc(N[C@@H]4COC[C@@H]4C=CC(=O)NC=O)nc3c(C3CCOCC3)n2)c1Cl. The van der Waals surface area contributed by atoms with E-state index >= 15 is 0 Å². The number of amides is 2. The second-order valence-electron chi connectivity index (χ2n) is 9.63. The summed E-state index contributed by atoms with van der Waals surface area (Å²) in [7, 11) is 3.05. The van der Waals surface area contributed by atoms with Crippen LogP contribution in [0.5, 0.6) is 11.5 Å². The number of hydrogen-bond acceptors (Lipinski definition) is 10. The van der Waals surface area contributed by atoms with Crippen molar-refractivity contribution in [1.29, 1.82) is 0 Å². The Hall–Kier alpha value is -3.51. The summed E-state index contributed by atoms with van der Waals surface area (Å²) in [6, 6.07) is 3.32. The van der Waals surface area contributed by atoms with Crippen molar-refractivity contribution >= 4 is 52.4 Å².